The van der Waals surface area contributed by atoms with Crippen LogP contribution in [0.5, 0.6) is 34.5 Å². The van der Waals surface area contributed by atoms with Crippen LogP contribution in [0.4, 0.5) is 0 Å². The Morgan fingerprint density at radius 2 is 0.917 bits per heavy atom. The van der Waals surface area contributed by atoms with E-state index in [-0.39, 0.29) is 40.2 Å². The Morgan fingerprint density at radius 3 is 1.31 bits per heavy atom. The lowest BCUT2D eigenvalue weighted by Crippen LogP contribution is -2.28. The van der Waals surface area contributed by atoms with Gasteiger partial charge in [-0.2, -0.15) is 0 Å². The summed E-state index contributed by atoms with van der Waals surface area (Å²) in [4.78, 5) is 48.3. The van der Waals surface area contributed by atoms with Crippen LogP contribution in [0.3, 0.4) is 0 Å². The van der Waals surface area contributed by atoms with Crippen LogP contribution in [-0.2, 0) is 39.0 Å². The number of allylic oxidation sites excluding steroid dienone is 1. The zero-order valence-electron chi connectivity index (χ0n) is 55.7. The van der Waals surface area contributed by atoms with Gasteiger partial charge >= 0.3 is 17.1 Å². The Hall–Kier alpha value is -8.82. The van der Waals surface area contributed by atoms with Crippen LogP contribution < -0.4 is 45.5 Å². The van der Waals surface area contributed by atoms with Gasteiger partial charge in [-0.05, 0) is 141 Å². The first-order valence-electron chi connectivity index (χ1n) is 31.5. The predicted molar refractivity (Wildman–Crippen MR) is 375 cm³/mol. The smallest absolute Gasteiger partial charge is 0.327 e. The van der Waals surface area contributed by atoms with E-state index in [0.29, 0.717) is 125 Å². The molecule has 0 spiro atoms. The predicted octanol–water partition coefficient (Wildman–Crippen LogP) is 9.84. The fourth-order valence-electron chi connectivity index (χ4n) is 12.5. The monoisotopic (exact) mass is 1380 g/mol. The number of H-pyrrole nitrogens is 3. The van der Waals surface area contributed by atoms with Crippen molar-refractivity contribution < 1.29 is 63.1 Å². The summed E-state index contributed by atoms with van der Waals surface area (Å²) < 4.78 is 123. The van der Waals surface area contributed by atoms with Crippen molar-refractivity contribution in [2.45, 2.75) is 71.0 Å². The number of aromatic amines is 3. The van der Waals surface area contributed by atoms with Gasteiger partial charge in [0.2, 0.25) is 0 Å². The first-order chi connectivity index (χ1) is 45.8. The van der Waals surface area contributed by atoms with Crippen molar-refractivity contribution in [3.8, 4) is 34.5 Å². The summed E-state index contributed by atoms with van der Waals surface area (Å²) in [5.41, 5.74) is 9.56. The minimum atomic E-state index is -3.43. The third-order valence-electron chi connectivity index (χ3n) is 16.7. The van der Waals surface area contributed by atoms with Crippen molar-refractivity contribution in [1.82, 2.24) is 28.7 Å². The molecule has 0 saturated carbocycles. The number of methoxy groups -OCH3 is 3. The zero-order chi connectivity index (χ0) is 69.2. The molecule has 3 unspecified atom stereocenters. The third kappa shape index (κ3) is 16.7. The topological polar surface area (TPSA) is 290 Å². The third-order valence-corrected chi connectivity index (χ3v) is 19.4. The van der Waals surface area contributed by atoms with Crippen LogP contribution in [0.2, 0.25) is 0 Å². The Morgan fingerprint density at radius 1 is 0.521 bits per heavy atom. The number of hydrogen-bond donors (Lipinski definition) is 3. The zero-order valence-corrected chi connectivity index (χ0v) is 58.1. The van der Waals surface area contributed by atoms with Gasteiger partial charge in [-0.3, -0.25) is 13.7 Å². The molecule has 0 aliphatic carbocycles. The number of benzene rings is 6. The Labute approximate surface area is 558 Å². The Bertz CT molecular complexity index is 4860. The summed E-state index contributed by atoms with van der Waals surface area (Å²) in [7, 11) is -5.63. The highest BCUT2D eigenvalue weighted by atomic mass is 32.2. The normalized spacial score (nSPS) is 14.8. The fraction of sp³-hybridized carbons (Fsp3) is 0.386. The fourth-order valence-corrected chi connectivity index (χ4v) is 15.2. The molecule has 1 saturated heterocycles. The number of nitrogens with zero attached hydrogens (tertiary/aromatic N) is 3. The molecule has 2 aliphatic heterocycles. The van der Waals surface area contributed by atoms with Crippen LogP contribution in [-0.4, -0.2) is 158 Å². The second-order valence-corrected chi connectivity index (χ2v) is 30.2. The molecule has 3 aromatic heterocycles. The minimum Gasteiger partial charge on any atom is -0.493 e. The molecule has 6 aromatic carbocycles. The van der Waals surface area contributed by atoms with Gasteiger partial charge in [0, 0.05) is 43.1 Å². The average molecular weight is 1380 g/mol. The Kier molecular flexibility index (Phi) is 23.0. The van der Waals surface area contributed by atoms with Crippen molar-refractivity contribution >= 4 is 73.8 Å². The summed E-state index contributed by atoms with van der Waals surface area (Å²) in [6, 6.07) is 30.5. The van der Waals surface area contributed by atoms with Gasteiger partial charge in [0.15, 0.2) is 34.5 Å². The van der Waals surface area contributed by atoms with Crippen LogP contribution in [0.25, 0.3) is 44.2 Å². The summed E-state index contributed by atoms with van der Waals surface area (Å²) in [6.07, 6.45) is 8.04. The molecular formula is C70H84N6O17S3. The molecule has 23 nitrogen and oxygen atoms in total. The number of imidazole rings is 3. The highest BCUT2D eigenvalue weighted by Crippen LogP contribution is 2.39. The van der Waals surface area contributed by atoms with Gasteiger partial charge in [-0.15, -0.1) is 0 Å². The minimum absolute atomic E-state index is 0.223. The highest BCUT2D eigenvalue weighted by Gasteiger charge is 2.30. The summed E-state index contributed by atoms with van der Waals surface area (Å²) in [5, 5.41) is 0. The van der Waals surface area contributed by atoms with Crippen LogP contribution in [0.1, 0.15) is 104 Å². The number of para-hydroxylation sites is 3. The van der Waals surface area contributed by atoms with E-state index in [1.165, 1.54) is 28.8 Å². The largest absolute Gasteiger partial charge is 0.493 e. The first-order valence-corrected chi connectivity index (χ1v) is 37.6. The maximum absolute atomic E-state index is 13.2. The highest BCUT2D eigenvalue weighted by molar-refractivity contribution is 7.91. The Balaban J connectivity index is 0.000000169. The van der Waals surface area contributed by atoms with Crippen molar-refractivity contribution in [3.05, 3.63) is 187 Å². The molecule has 26 heteroatoms. The lowest BCUT2D eigenvalue weighted by atomic mass is 9.91. The van der Waals surface area contributed by atoms with E-state index in [2.05, 4.69) is 21.5 Å². The van der Waals surface area contributed by atoms with Crippen LogP contribution in [0, 0.1) is 0 Å². The summed E-state index contributed by atoms with van der Waals surface area (Å²) in [5.74, 6) is 2.70. The van der Waals surface area contributed by atoms with Crippen molar-refractivity contribution in [2.75, 3.05) is 104 Å². The standard InChI is InChI=1S/C24H30N2O6S.C24H28N2O6S.C22H26N2O5S/c2*1-4-32-22-14-17(8-9-21(22)30-2)20(15-33(3,28)29)26-19-7-5-6-18(23(19)25-24(26)27)16-10-12-31-13-11-16;1-6-29-20-12-15(10-11-19(20)28-4)18(13-30(5,26)27)24-17-9-7-8-16(14(2)3)21(17)23-22(24)25/h5-9,14,16,20H,4,10-13,15H2,1-3H3,(H,25,27);5-10,14,20H,4,11-13,15H2,1-3H3,(H,25,27);7-12,18H,2,6,13H2,1,3-5H3,(H,23,25). The van der Waals surface area contributed by atoms with Crippen molar-refractivity contribution in [3.63, 3.8) is 0 Å². The van der Waals surface area contributed by atoms with E-state index in [1.807, 2.05) is 82.3 Å². The molecule has 0 bridgehead atoms. The molecule has 2 aliphatic rings. The summed E-state index contributed by atoms with van der Waals surface area (Å²) >= 11 is 0. The maximum Gasteiger partial charge on any atom is 0.327 e. The summed E-state index contributed by atoms with van der Waals surface area (Å²) in [6.45, 7) is 15.2. The van der Waals surface area contributed by atoms with Crippen LogP contribution in [0.15, 0.2) is 136 Å². The molecule has 0 radical (unpaired) electrons. The van der Waals surface area contributed by atoms with Gasteiger partial charge in [0.25, 0.3) is 0 Å². The molecule has 96 heavy (non-hydrogen) atoms. The van der Waals surface area contributed by atoms with Crippen molar-refractivity contribution in [1.29, 1.82) is 0 Å². The molecule has 9 aromatic rings. The molecular weight excluding hydrogens is 1290 g/mol. The van der Waals surface area contributed by atoms with Gasteiger partial charge in [-0.25, -0.2) is 39.6 Å². The van der Waals surface area contributed by atoms with E-state index in [0.717, 1.165) is 58.9 Å². The van der Waals surface area contributed by atoms with Gasteiger partial charge in [0.1, 0.15) is 29.5 Å². The van der Waals surface area contributed by atoms with E-state index in [4.69, 9.17) is 37.9 Å². The number of rotatable bonds is 24. The first kappa shape index (κ1) is 71.5. The molecule has 0 amide bonds. The second-order valence-electron chi connectivity index (χ2n) is 23.6. The number of sulfone groups is 3. The van der Waals surface area contributed by atoms with E-state index >= 15 is 0 Å². The number of fused-ring (bicyclic) bond motifs is 3. The quantitative estimate of drug-likeness (QED) is 0.0507. The van der Waals surface area contributed by atoms with Crippen LogP contribution >= 0.6 is 0 Å². The average Bonchev–Trinajstić information content (AvgIpc) is 1.61. The molecule has 514 valence electrons. The number of aromatic nitrogens is 6. The molecule has 1 fully saturated rings. The molecule has 11 rings (SSSR count). The number of hydrogen-bond acceptors (Lipinski definition) is 17. The van der Waals surface area contributed by atoms with Gasteiger partial charge in [-0.1, -0.05) is 67.3 Å². The van der Waals surface area contributed by atoms with E-state index in [1.54, 1.807) is 79.5 Å². The molecule has 3 N–H and O–H groups in total. The number of ether oxygens (including phenoxy) is 8. The lowest BCUT2D eigenvalue weighted by molar-refractivity contribution is 0.0856. The SMILES string of the molecule is C=C(C)c1cccc2c1[nH]c(=O)n2C(CS(C)(=O)=O)c1ccc(OC)c(OCC)c1.CCOc1cc(C(CS(C)(=O)=O)n2c(=O)[nH]c3c(C4=CCOCC4)cccc32)ccc1OC.CCOc1cc(C(CS(C)(=O)=O)n2c(=O)[nH]c3c(C4CCOCC4)cccc32)ccc1OC. The lowest BCUT2D eigenvalue weighted by Gasteiger charge is -2.23. The molecule has 3 atom stereocenters. The van der Waals surface area contributed by atoms with E-state index in [9.17, 15) is 39.6 Å². The van der Waals surface area contributed by atoms with Gasteiger partial charge in [0.05, 0.1) is 123 Å². The van der Waals surface area contributed by atoms with Crippen molar-refractivity contribution in [2.24, 2.45) is 0 Å². The van der Waals surface area contributed by atoms with Gasteiger partial charge < -0.3 is 52.8 Å². The maximum atomic E-state index is 13.2. The number of nitrogens with one attached hydrogen (secondary N) is 3. The van der Waals surface area contributed by atoms with E-state index < -0.39 is 47.6 Å². The second kappa shape index (κ2) is 30.9. The molecule has 5 heterocycles.